The lowest BCUT2D eigenvalue weighted by Crippen LogP contribution is -2.55. The van der Waals surface area contributed by atoms with E-state index in [0.29, 0.717) is 10.6 Å². The van der Waals surface area contributed by atoms with Crippen LogP contribution < -0.4 is 9.62 Å². The highest BCUT2D eigenvalue weighted by molar-refractivity contribution is 7.92. The van der Waals surface area contributed by atoms with Crippen LogP contribution in [-0.4, -0.2) is 43.3 Å². The first kappa shape index (κ1) is 31.4. The van der Waals surface area contributed by atoms with E-state index >= 15 is 0 Å². The van der Waals surface area contributed by atoms with Gasteiger partial charge in [0, 0.05) is 17.1 Å². The third-order valence-electron chi connectivity index (χ3n) is 5.95. The molecule has 0 saturated carbocycles. The number of halogens is 3. The van der Waals surface area contributed by atoms with Gasteiger partial charge in [0.1, 0.15) is 18.4 Å². The molecule has 3 aromatic rings. The van der Waals surface area contributed by atoms with Crippen molar-refractivity contribution in [2.75, 3.05) is 10.8 Å². The minimum Gasteiger partial charge on any atom is -0.350 e. The summed E-state index contributed by atoms with van der Waals surface area (Å²) in [5, 5.41) is 3.12. The van der Waals surface area contributed by atoms with Crippen molar-refractivity contribution in [3.8, 4) is 0 Å². The van der Waals surface area contributed by atoms with E-state index in [0.717, 1.165) is 16.4 Å². The quantitative estimate of drug-likeness (QED) is 0.304. The normalized spacial score (nSPS) is 12.5. The van der Waals surface area contributed by atoms with Crippen molar-refractivity contribution in [3.63, 3.8) is 0 Å². The van der Waals surface area contributed by atoms with E-state index < -0.39 is 39.9 Å². The van der Waals surface area contributed by atoms with Gasteiger partial charge in [0.25, 0.3) is 10.0 Å². The number of carbonyl (C=O) groups excluding carboxylic acids is 2. The van der Waals surface area contributed by atoms with Crippen LogP contribution in [0.2, 0.25) is 10.0 Å². The Kier molecular flexibility index (Phi) is 10.2. The summed E-state index contributed by atoms with van der Waals surface area (Å²) in [6.07, 6.45) is 0.273. The van der Waals surface area contributed by atoms with Gasteiger partial charge in [-0.2, -0.15) is 0 Å². The number of nitrogens with zero attached hydrogens (tertiary/aromatic N) is 2. The first-order valence-corrected chi connectivity index (χ1v) is 14.8. The average Bonchev–Trinajstić information content (AvgIpc) is 2.89. The second kappa shape index (κ2) is 13.0. The summed E-state index contributed by atoms with van der Waals surface area (Å²) in [4.78, 5) is 28.6. The summed E-state index contributed by atoms with van der Waals surface area (Å²) in [7, 11) is -4.29. The molecule has 0 aliphatic heterocycles. The Labute approximate surface area is 244 Å². The maximum Gasteiger partial charge on any atom is 0.264 e. The van der Waals surface area contributed by atoms with Crippen molar-refractivity contribution in [1.82, 2.24) is 10.2 Å². The predicted octanol–water partition coefficient (Wildman–Crippen LogP) is 6.05. The lowest BCUT2D eigenvalue weighted by molar-refractivity contribution is -0.141. The van der Waals surface area contributed by atoms with Gasteiger partial charge in [-0.05, 0) is 75.2 Å². The van der Waals surface area contributed by atoms with Crippen molar-refractivity contribution in [1.29, 1.82) is 0 Å². The first-order chi connectivity index (χ1) is 18.7. The minimum atomic E-state index is -4.29. The molecule has 0 bridgehead atoms. The Balaban J connectivity index is 2.08. The van der Waals surface area contributed by atoms with Gasteiger partial charge in [-0.3, -0.25) is 13.9 Å². The molecule has 2 amide bonds. The fourth-order valence-electron chi connectivity index (χ4n) is 4.05. The topological polar surface area (TPSA) is 86.8 Å². The zero-order valence-corrected chi connectivity index (χ0v) is 25.0. The Morgan fingerprint density at radius 1 is 0.975 bits per heavy atom. The van der Waals surface area contributed by atoms with Gasteiger partial charge in [-0.15, -0.1) is 0 Å². The monoisotopic (exact) mass is 607 g/mol. The van der Waals surface area contributed by atoms with E-state index in [9.17, 15) is 22.4 Å². The van der Waals surface area contributed by atoms with Gasteiger partial charge in [0.2, 0.25) is 11.8 Å². The predicted molar refractivity (Wildman–Crippen MR) is 156 cm³/mol. The molecule has 40 heavy (non-hydrogen) atoms. The lowest BCUT2D eigenvalue weighted by atomic mass is 10.1. The number of hydrogen-bond donors (Lipinski definition) is 1. The maximum atomic E-state index is 14.0. The molecule has 0 heterocycles. The molecule has 0 fully saturated rings. The number of amides is 2. The van der Waals surface area contributed by atoms with Crippen LogP contribution in [0.25, 0.3) is 0 Å². The smallest absolute Gasteiger partial charge is 0.264 e. The van der Waals surface area contributed by atoms with Crippen LogP contribution in [0.5, 0.6) is 0 Å². The summed E-state index contributed by atoms with van der Waals surface area (Å²) in [5.74, 6) is -1.74. The average molecular weight is 609 g/mol. The van der Waals surface area contributed by atoms with Crippen LogP contribution in [0.1, 0.15) is 39.7 Å². The molecule has 1 N–H and O–H groups in total. The summed E-state index contributed by atoms with van der Waals surface area (Å²) in [6, 6.07) is 16.9. The van der Waals surface area contributed by atoms with Gasteiger partial charge in [-0.25, -0.2) is 12.8 Å². The second-order valence-corrected chi connectivity index (χ2v) is 12.9. The van der Waals surface area contributed by atoms with Crippen molar-refractivity contribution < 1.29 is 22.4 Å². The molecule has 0 radical (unpaired) electrons. The number of anilines is 1. The highest BCUT2D eigenvalue weighted by Gasteiger charge is 2.34. The molecule has 0 aliphatic rings. The fourth-order valence-corrected chi connectivity index (χ4v) is 5.78. The van der Waals surface area contributed by atoms with E-state index in [2.05, 4.69) is 5.32 Å². The van der Waals surface area contributed by atoms with Crippen LogP contribution in [0.15, 0.2) is 77.7 Å². The van der Waals surface area contributed by atoms with E-state index in [1.807, 2.05) is 20.8 Å². The molecule has 0 aromatic heterocycles. The Morgan fingerprint density at radius 3 is 2.15 bits per heavy atom. The zero-order valence-electron chi connectivity index (χ0n) is 22.7. The maximum absolute atomic E-state index is 14.0. The summed E-state index contributed by atoms with van der Waals surface area (Å²) < 4.78 is 42.4. The van der Waals surface area contributed by atoms with Crippen LogP contribution in [0.3, 0.4) is 0 Å². The minimum absolute atomic E-state index is 0.00207. The van der Waals surface area contributed by atoms with Crippen LogP contribution in [0, 0.1) is 5.82 Å². The summed E-state index contributed by atoms with van der Waals surface area (Å²) in [5.41, 5.74) is 0.136. The second-order valence-electron chi connectivity index (χ2n) is 10.2. The molecule has 3 rings (SSSR count). The van der Waals surface area contributed by atoms with E-state index in [-0.39, 0.29) is 34.5 Å². The van der Waals surface area contributed by atoms with Gasteiger partial charge >= 0.3 is 0 Å². The number of hydrogen-bond acceptors (Lipinski definition) is 4. The SMILES string of the molecule is CC[C@@H](C(=O)NC(C)(C)C)N(Cc1ccc(Cl)cc1)C(=O)CN(c1ccc(F)c(Cl)c1)S(=O)(=O)c1ccccc1. The molecule has 0 saturated heterocycles. The Bertz CT molecular complexity index is 1450. The molecule has 7 nitrogen and oxygen atoms in total. The van der Waals surface area contributed by atoms with Crippen LogP contribution in [-0.2, 0) is 26.2 Å². The molecule has 0 spiro atoms. The van der Waals surface area contributed by atoms with Gasteiger partial charge in [0.15, 0.2) is 0 Å². The molecule has 3 aromatic carbocycles. The van der Waals surface area contributed by atoms with Gasteiger partial charge in [0.05, 0.1) is 15.6 Å². The molecular weight excluding hydrogens is 576 g/mol. The molecule has 0 unspecified atom stereocenters. The van der Waals surface area contributed by atoms with Gasteiger partial charge < -0.3 is 10.2 Å². The third kappa shape index (κ3) is 7.96. The summed E-state index contributed by atoms with van der Waals surface area (Å²) >= 11 is 12.0. The standard InChI is InChI=1S/C29H32Cl2FN3O4S/c1-5-26(28(37)33-29(2,3)4)34(18-20-11-13-21(30)14-12-20)27(36)19-35(22-15-16-25(32)24(31)17-22)40(38,39)23-9-7-6-8-10-23/h6-17,26H,5,18-19H2,1-4H3,(H,33,37)/t26-/m0/s1. The van der Waals surface area contributed by atoms with Crippen molar-refractivity contribution in [3.05, 3.63) is 94.2 Å². The highest BCUT2D eigenvalue weighted by atomic mass is 35.5. The van der Waals surface area contributed by atoms with Crippen LogP contribution >= 0.6 is 23.2 Å². The van der Waals surface area contributed by atoms with Crippen molar-refractivity contribution in [2.24, 2.45) is 0 Å². The van der Waals surface area contributed by atoms with Crippen molar-refractivity contribution >= 4 is 50.7 Å². The first-order valence-electron chi connectivity index (χ1n) is 12.6. The van der Waals surface area contributed by atoms with Crippen molar-refractivity contribution in [2.45, 2.75) is 57.1 Å². The molecule has 11 heteroatoms. The van der Waals surface area contributed by atoms with E-state index in [4.69, 9.17) is 23.2 Å². The molecular formula is C29H32Cl2FN3O4S. The number of benzene rings is 3. The Hall–Kier alpha value is -3.14. The molecule has 214 valence electrons. The number of nitrogens with one attached hydrogen (secondary N) is 1. The lowest BCUT2D eigenvalue weighted by Gasteiger charge is -2.34. The highest BCUT2D eigenvalue weighted by Crippen LogP contribution is 2.28. The molecule has 1 atom stereocenters. The number of sulfonamides is 1. The summed E-state index contributed by atoms with van der Waals surface area (Å²) in [6.45, 7) is 6.62. The number of carbonyl (C=O) groups is 2. The van der Waals surface area contributed by atoms with E-state index in [1.165, 1.54) is 23.1 Å². The largest absolute Gasteiger partial charge is 0.350 e. The Morgan fingerprint density at radius 2 is 1.60 bits per heavy atom. The van der Waals surface area contributed by atoms with Gasteiger partial charge in [-0.1, -0.05) is 60.5 Å². The van der Waals surface area contributed by atoms with Crippen LogP contribution in [0.4, 0.5) is 10.1 Å². The fraction of sp³-hybridized carbons (Fsp3) is 0.310. The molecule has 0 aliphatic carbocycles. The number of rotatable bonds is 10. The third-order valence-corrected chi connectivity index (χ3v) is 8.28. The van der Waals surface area contributed by atoms with E-state index in [1.54, 1.807) is 49.4 Å². The zero-order chi connectivity index (χ0) is 29.7.